The number of ether oxygens (including phenoxy) is 2. The standard InChI is InChI=1S/C18H23N3O12P2/c1-2-34(26,27)33-35(28,29)30-10-12-14(23)15(32-18(25)19-11-6-4-3-5-7-11)16(31-12)21-9-8-13(22)20-17(21)24/h3-9,12,14-16,23H,2,10H2,1H3,(H,19,25)(H,26,27)(H,28,29)(H,20,22,24)/p-2/t12-,14+,15?,16-/m1/s1. The molecule has 1 amide bonds. The smallest absolute Gasteiger partial charge is 0.412 e. The number of nitrogens with zero attached hydrogens (tertiary/aromatic N) is 1. The van der Waals surface area contributed by atoms with Crippen molar-refractivity contribution in [1.82, 2.24) is 9.55 Å². The summed E-state index contributed by atoms with van der Waals surface area (Å²) in [7, 11) is -10.1. The molecule has 17 heteroatoms. The fourth-order valence-electron chi connectivity index (χ4n) is 3.03. The third-order valence-corrected chi connectivity index (χ3v) is 7.75. The fraction of sp³-hybridized carbons (Fsp3) is 0.389. The lowest BCUT2D eigenvalue weighted by Gasteiger charge is -2.31. The van der Waals surface area contributed by atoms with Gasteiger partial charge in [0.25, 0.3) is 13.4 Å². The Labute approximate surface area is 197 Å². The third kappa shape index (κ3) is 7.19. The summed E-state index contributed by atoms with van der Waals surface area (Å²) < 4.78 is 43.4. The lowest BCUT2D eigenvalue weighted by Crippen LogP contribution is -2.41. The van der Waals surface area contributed by atoms with Gasteiger partial charge in [-0.15, -0.1) is 0 Å². The van der Waals surface area contributed by atoms with Crippen LogP contribution in [0.3, 0.4) is 0 Å². The Morgan fingerprint density at radius 2 is 1.91 bits per heavy atom. The Kier molecular flexibility index (Phi) is 8.46. The largest absolute Gasteiger partial charge is 0.778 e. The molecule has 0 saturated carbocycles. The first-order chi connectivity index (χ1) is 16.4. The zero-order valence-electron chi connectivity index (χ0n) is 18.0. The molecule has 1 aromatic carbocycles. The normalized spacial score (nSPS) is 25.4. The number of hydrogen-bond acceptors (Lipinski definition) is 12. The van der Waals surface area contributed by atoms with Crippen molar-refractivity contribution in [2.24, 2.45) is 0 Å². The van der Waals surface area contributed by atoms with Crippen LogP contribution in [0.15, 0.2) is 52.2 Å². The molecule has 3 rings (SSSR count). The van der Waals surface area contributed by atoms with E-state index in [1.165, 1.54) is 0 Å². The van der Waals surface area contributed by atoms with E-state index < -0.39 is 70.1 Å². The number of phosphoric ester groups is 1. The van der Waals surface area contributed by atoms with Crippen molar-refractivity contribution < 1.29 is 47.1 Å². The minimum atomic E-state index is -5.36. The number of rotatable bonds is 9. The van der Waals surface area contributed by atoms with Crippen LogP contribution in [0.4, 0.5) is 10.5 Å². The van der Waals surface area contributed by atoms with E-state index in [2.05, 4.69) is 14.2 Å². The third-order valence-electron chi connectivity index (χ3n) is 4.71. The second-order valence-electron chi connectivity index (χ2n) is 7.19. The van der Waals surface area contributed by atoms with Gasteiger partial charge in [0, 0.05) is 24.1 Å². The number of carbonyl (C=O) groups is 1. The Balaban J connectivity index is 1.80. The van der Waals surface area contributed by atoms with E-state index in [4.69, 9.17) is 9.47 Å². The SMILES string of the molecule is CCP(=O)([O-])OP(=O)([O-])OC[C@H]1O[C@@H](n2ccc(=O)[nH]c2=O)C(OC(=O)Nc2ccccc2)[C@H]1O. The number of aromatic amines is 1. The Bertz CT molecular complexity index is 1250. The molecule has 3 unspecified atom stereocenters. The summed E-state index contributed by atoms with van der Waals surface area (Å²) in [6.07, 6.45) is -7.00. The average molecular weight is 533 g/mol. The van der Waals surface area contributed by atoms with Crippen molar-refractivity contribution >= 4 is 27.2 Å². The highest BCUT2D eigenvalue weighted by molar-refractivity contribution is 7.62. The zero-order valence-corrected chi connectivity index (χ0v) is 19.8. The second-order valence-corrected chi connectivity index (χ2v) is 10.8. The van der Waals surface area contributed by atoms with Crippen LogP contribution in [0.1, 0.15) is 13.2 Å². The number of hydrogen-bond donors (Lipinski definition) is 3. The van der Waals surface area contributed by atoms with Crippen LogP contribution in [0.2, 0.25) is 0 Å². The Hall–Kier alpha value is -2.61. The van der Waals surface area contributed by atoms with E-state index in [9.17, 15) is 38.4 Å². The molecule has 6 atom stereocenters. The molecule has 0 radical (unpaired) electrons. The monoisotopic (exact) mass is 533 g/mol. The van der Waals surface area contributed by atoms with Crippen molar-refractivity contribution in [3.63, 3.8) is 0 Å². The van der Waals surface area contributed by atoms with Gasteiger partial charge in [-0.2, -0.15) is 0 Å². The van der Waals surface area contributed by atoms with E-state index in [1.54, 1.807) is 30.3 Å². The van der Waals surface area contributed by atoms with E-state index in [1.807, 2.05) is 4.98 Å². The predicted molar refractivity (Wildman–Crippen MR) is 114 cm³/mol. The number of aromatic nitrogens is 2. The summed E-state index contributed by atoms with van der Waals surface area (Å²) in [4.78, 5) is 61.3. The van der Waals surface area contributed by atoms with Crippen molar-refractivity contribution in [2.75, 3.05) is 18.1 Å². The van der Waals surface area contributed by atoms with E-state index in [-0.39, 0.29) is 0 Å². The van der Waals surface area contributed by atoms with Crippen LogP contribution in [-0.2, 0) is 27.4 Å². The lowest BCUT2D eigenvalue weighted by molar-refractivity contribution is -0.233. The van der Waals surface area contributed by atoms with Gasteiger partial charge in [0.2, 0.25) is 0 Å². The maximum Gasteiger partial charge on any atom is 0.412 e. The quantitative estimate of drug-likeness (QED) is 0.347. The molecule has 2 aromatic rings. The van der Waals surface area contributed by atoms with Crippen LogP contribution in [0.25, 0.3) is 0 Å². The average Bonchev–Trinajstić information content (AvgIpc) is 3.07. The highest BCUT2D eigenvalue weighted by Gasteiger charge is 2.48. The van der Waals surface area contributed by atoms with E-state index >= 15 is 0 Å². The van der Waals surface area contributed by atoms with Gasteiger partial charge in [-0.3, -0.25) is 28.5 Å². The number of amides is 1. The lowest BCUT2D eigenvalue weighted by atomic mass is 10.1. The predicted octanol–water partition coefficient (Wildman–Crippen LogP) is -0.513. The summed E-state index contributed by atoms with van der Waals surface area (Å²) in [5, 5.41) is 13.1. The van der Waals surface area contributed by atoms with Crippen LogP contribution in [-0.4, -0.2) is 51.8 Å². The molecule has 15 nitrogen and oxygen atoms in total. The molecule has 2 heterocycles. The summed E-state index contributed by atoms with van der Waals surface area (Å²) in [5.74, 6) is 0. The van der Waals surface area contributed by atoms with Gasteiger partial charge in [0.05, 0.1) is 6.61 Å². The number of H-pyrrole nitrogens is 1. The van der Waals surface area contributed by atoms with Crippen LogP contribution in [0, 0.1) is 0 Å². The minimum Gasteiger partial charge on any atom is -0.778 e. The van der Waals surface area contributed by atoms with Crippen molar-refractivity contribution in [3.8, 4) is 0 Å². The molecular formula is C18H21N3O12P2-2. The maximum atomic E-state index is 12.4. The maximum absolute atomic E-state index is 12.4. The summed E-state index contributed by atoms with van der Waals surface area (Å²) in [6, 6.07) is 9.07. The van der Waals surface area contributed by atoms with Crippen LogP contribution >= 0.6 is 15.4 Å². The van der Waals surface area contributed by atoms with Gasteiger partial charge < -0.3 is 33.5 Å². The van der Waals surface area contributed by atoms with Gasteiger partial charge in [-0.25, -0.2) is 9.59 Å². The van der Waals surface area contributed by atoms with Crippen LogP contribution in [0.5, 0.6) is 0 Å². The molecule has 1 aliphatic heterocycles. The molecule has 192 valence electrons. The van der Waals surface area contributed by atoms with Crippen molar-refractivity contribution in [2.45, 2.75) is 31.5 Å². The van der Waals surface area contributed by atoms with Gasteiger partial charge in [-0.05, 0) is 12.1 Å². The molecule has 0 spiro atoms. The molecule has 35 heavy (non-hydrogen) atoms. The van der Waals surface area contributed by atoms with Crippen molar-refractivity contribution in [1.29, 1.82) is 0 Å². The Morgan fingerprint density at radius 1 is 1.23 bits per heavy atom. The van der Waals surface area contributed by atoms with Gasteiger partial charge in [0.15, 0.2) is 12.3 Å². The topological polar surface area (TPSA) is 221 Å². The Morgan fingerprint density at radius 3 is 2.54 bits per heavy atom. The molecule has 0 aliphatic carbocycles. The number of para-hydroxylation sites is 1. The number of aliphatic hydroxyl groups is 1. The number of aliphatic hydroxyl groups excluding tert-OH is 1. The van der Waals surface area contributed by atoms with Crippen molar-refractivity contribution in [3.05, 3.63) is 63.4 Å². The van der Waals surface area contributed by atoms with Crippen LogP contribution < -0.4 is 26.4 Å². The minimum absolute atomic E-state index is 0.353. The number of anilines is 1. The molecule has 3 N–H and O–H groups in total. The molecule has 1 aliphatic rings. The first-order valence-electron chi connectivity index (χ1n) is 10.1. The highest BCUT2D eigenvalue weighted by atomic mass is 31.3. The molecular weight excluding hydrogens is 512 g/mol. The summed E-state index contributed by atoms with van der Waals surface area (Å²) in [6.45, 7) is 0.215. The molecule has 1 aromatic heterocycles. The fourth-order valence-corrected chi connectivity index (χ4v) is 5.22. The first-order valence-corrected chi connectivity index (χ1v) is 13.2. The zero-order chi connectivity index (χ0) is 25.8. The molecule has 0 bridgehead atoms. The summed E-state index contributed by atoms with van der Waals surface area (Å²) >= 11 is 0. The molecule has 1 saturated heterocycles. The van der Waals surface area contributed by atoms with E-state index in [0.717, 1.165) is 23.8 Å². The number of phosphoric acid groups is 1. The summed E-state index contributed by atoms with van der Waals surface area (Å²) in [5.41, 5.74) is -1.35. The second kappa shape index (κ2) is 11.0. The van der Waals surface area contributed by atoms with Gasteiger partial charge in [-0.1, -0.05) is 25.1 Å². The number of nitrogens with one attached hydrogen (secondary N) is 2. The van der Waals surface area contributed by atoms with Gasteiger partial charge >= 0.3 is 11.8 Å². The number of carbonyl (C=O) groups excluding carboxylic acids is 1. The van der Waals surface area contributed by atoms with E-state index in [0.29, 0.717) is 5.69 Å². The number of benzene rings is 1. The van der Waals surface area contributed by atoms with Gasteiger partial charge in [0.1, 0.15) is 19.8 Å². The first kappa shape index (κ1) is 27.0. The molecule has 1 fully saturated rings. The highest BCUT2D eigenvalue weighted by Crippen LogP contribution is 2.54.